The summed E-state index contributed by atoms with van der Waals surface area (Å²) in [7, 11) is 3.93. The summed E-state index contributed by atoms with van der Waals surface area (Å²) in [6.07, 6.45) is 5.21. The number of allylic oxidation sites excluding steroid dienone is 2. The molecule has 4 rings (SSSR count). The van der Waals surface area contributed by atoms with Crippen LogP contribution in [0.3, 0.4) is 0 Å². The van der Waals surface area contributed by atoms with E-state index in [1.807, 2.05) is 43.3 Å². The maximum atomic E-state index is 12.7. The summed E-state index contributed by atoms with van der Waals surface area (Å²) >= 11 is 0. The van der Waals surface area contributed by atoms with Gasteiger partial charge in [0.2, 0.25) is 11.8 Å². The standard InChI is InChI=1S/C17H18N2O2/c1-18(2)12-5-7-13(8-6-12)19-16(20)14-10-3-4-11(9-10)15(14)17(19)21/h3-8,10-11,14-15H,9H2,1-2H3/t10-,11+,14-,15+. The van der Waals surface area contributed by atoms with Gasteiger partial charge in [-0.05, 0) is 42.5 Å². The molecule has 0 N–H and O–H groups in total. The molecule has 0 spiro atoms. The lowest BCUT2D eigenvalue weighted by Gasteiger charge is -2.19. The zero-order valence-electron chi connectivity index (χ0n) is 12.2. The average molecular weight is 282 g/mol. The first-order valence-corrected chi connectivity index (χ1v) is 7.41. The number of benzene rings is 1. The third-order valence-corrected chi connectivity index (χ3v) is 5.09. The number of anilines is 2. The zero-order valence-corrected chi connectivity index (χ0v) is 12.2. The van der Waals surface area contributed by atoms with Gasteiger partial charge >= 0.3 is 0 Å². The van der Waals surface area contributed by atoms with Crippen molar-refractivity contribution in [3.63, 3.8) is 0 Å². The van der Waals surface area contributed by atoms with Gasteiger partial charge < -0.3 is 4.90 Å². The molecule has 21 heavy (non-hydrogen) atoms. The van der Waals surface area contributed by atoms with Crippen LogP contribution in [-0.4, -0.2) is 25.9 Å². The maximum absolute atomic E-state index is 12.7. The lowest BCUT2D eigenvalue weighted by Crippen LogP contribution is -2.32. The third kappa shape index (κ3) is 1.62. The SMILES string of the molecule is CN(C)c1ccc(N2C(=O)[C@@H]3[C@H](C2=O)[C@@H]2C=C[C@H]3C2)cc1. The Morgan fingerprint density at radius 1 is 0.952 bits per heavy atom. The molecule has 0 unspecified atom stereocenters. The minimum absolute atomic E-state index is 0.0144. The van der Waals surface area contributed by atoms with Gasteiger partial charge in [0.25, 0.3) is 0 Å². The van der Waals surface area contributed by atoms with Crippen LogP contribution in [-0.2, 0) is 9.59 Å². The van der Waals surface area contributed by atoms with E-state index in [2.05, 4.69) is 12.2 Å². The number of fused-ring (bicyclic) bond motifs is 5. The van der Waals surface area contributed by atoms with Gasteiger partial charge in [0.15, 0.2) is 0 Å². The Morgan fingerprint density at radius 2 is 1.48 bits per heavy atom. The summed E-state index contributed by atoms with van der Waals surface area (Å²) in [5.74, 6) is 0.256. The molecule has 1 aromatic carbocycles. The second-order valence-corrected chi connectivity index (χ2v) is 6.42. The Labute approximate surface area is 124 Å². The molecule has 2 fully saturated rings. The number of hydrogen-bond acceptors (Lipinski definition) is 3. The number of amides is 2. The van der Waals surface area contributed by atoms with E-state index in [9.17, 15) is 9.59 Å². The Kier molecular flexibility index (Phi) is 2.52. The molecule has 4 atom stereocenters. The van der Waals surface area contributed by atoms with Crippen LogP contribution >= 0.6 is 0 Å². The molecule has 1 aliphatic heterocycles. The predicted octanol–water partition coefficient (Wildman–Crippen LogP) is 2.06. The van der Waals surface area contributed by atoms with Gasteiger partial charge in [0, 0.05) is 19.8 Å². The van der Waals surface area contributed by atoms with E-state index < -0.39 is 0 Å². The molecular formula is C17H18N2O2. The van der Waals surface area contributed by atoms with Gasteiger partial charge in [0.1, 0.15) is 0 Å². The van der Waals surface area contributed by atoms with E-state index in [4.69, 9.17) is 0 Å². The number of carbonyl (C=O) groups is 2. The van der Waals surface area contributed by atoms with Crippen LogP contribution in [0.15, 0.2) is 36.4 Å². The Bertz CT molecular complexity index is 617. The van der Waals surface area contributed by atoms with Gasteiger partial charge in [-0.15, -0.1) is 0 Å². The van der Waals surface area contributed by atoms with E-state index in [0.29, 0.717) is 5.69 Å². The molecule has 1 heterocycles. The van der Waals surface area contributed by atoms with Crippen molar-refractivity contribution < 1.29 is 9.59 Å². The fourth-order valence-electron chi connectivity index (χ4n) is 4.06. The molecule has 4 heteroatoms. The molecule has 2 aliphatic carbocycles. The number of hydrogen-bond donors (Lipinski definition) is 0. The van der Waals surface area contributed by atoms with Crippen molar-refractivity contribution in [2.75, 3.05) is 23.9 Å². The van der Waals surface area contributed by atoms with Gasteiger partial charge in [-0.3, -0.25) is 14.5 Å². The van der Waals surface area contributed by atoms with Crippen LogP contribution in [0.5, 0.6) is 0 Å². The lowest BCUT2D eigenvalue weighted by molar-refractivity contribution is -0.123. The molecule has 0 radical (unpaired) electrons. The lowest BCUT2D eigenvalue weighted by atomic mass is 9.85. The Hall–Kier alpha value is -2.10. The first-order valence-electron chi connectivity index (χ1n) is 7.41. The molecule has 4 nitrogen and oxygen atoms in total. The van der Waals surface area contributed by atoms with Crippen LogP contribution in [0.2, 0.25) is 0 Å². The smallest absolute Gasteiger partial charge is 0.238 e. The average Bonchev–Trinajstić information content (AvgIpc) is 3.13. The van der Waals surface area contributed by atoms with E-state index in [1.165, 1.54) is 4.90 Å². The highest BCUT2D eigenvalue weighted by atomic mass is 16.2. The normalized spacial score (nSPS) is 33.0. The van der Waals surface area contributed by atoms with Crippen molar-refractivity contribution in [1.29, 1.82) is 0 Å². The highest BCUT2D eigenvalue weighted by Crippen LogP contribution is 2.53. The van der Waals surface area contributed by atoms with Crippen LogP contribution in [0.25, 0.3) is 0 Å². The van der Waals surface area contributed by atoms with Gasteiger partial charge in [-0.2, -0.15) is 0 Å². The second-order valence-electron chi connectivity index (χ2n) is 6.42. The summed E-state index contributed by atoms with van der Waals surface area (Å²) in [6.45, 7) is 0. The highest BCUT2D eigenvalue weighted by molar-refractivity contribution is 6.22. The van der Waals surface area contributed by atoms with Crippen LogP contribution in [0.1, 0.15) is 6.42 Å². The van der Waals surface area contributed by atoms with Crippen molar-refractivity contribution in [2.24, 2.45) is 23.7 Å². The number of carbonyl (C=O) groups excluding carboxylic acids is 2. The summed E-state index contributed by atoms with van der Waals surface area (Å²) in [4.78, 5) is 28.7. The van der Waals surface area contributed by atoms with E-state index >= 15 is 0 Å². The topological polar surface area (TPSA) is 40.6 Å². The van der Waals surface area contributed by atoms with Crippen LogP contribution in [0.4, 0.5) is 11.4 Å². The molecule has 0 aromatic heterocycles. The zero-order chi connectivity index (χ0) is 14.7. The van der Waals surface area contributed by atoms with Crippen molar-refractivity contribution >= 4 is 23.2 Å². The van der Waals surface area contributed by atoms with Crippen molar-refractivity contribution in [1.82, 2.24) is 0 Å². The molecule has 2 amide bonds. The van der Waals surface area contributed by atoms with Crippen LogP contribution < -0.4 is 9.80 Å². The minimum Gasteiger partial charge on any atom is -0.378 e. The van der Waals surface area contributed by atoms with E-state index in [-0.39, 0.29) is 35.5 Å². The number of imide groups is 1. The van der Waals surface area contributed by atoms with E-state index in [1.54, 1.807) is 0 Å². The van der Waals surface area contributed by atoms with Crippen LogP contribution in [0, 0.1) is 23.7 Å². The fourth-order valence-corrected chi connectivity index (χ4v) is 4.06. The monoisotopic (exact) mass is 282 g/mol. The summed E-state index contributed by atoms with van der Waals surface area (Å²) in [5.41, 5.74) is 1.75. The molecule has 108 valence electrons. The second kappa shape index (κ2) is 4.20. The summed E-state index contributed by atoms with van der Waals surface area (Å²) in [5, 5.41) is 0. The fraction of sp³-hybridized carbons (Fsp3) is 0.412. The molecule has 1 saturated carbocycles. The molecule has 2 bridgehead atoms. The maximum Gasteiger partial charge on any atom is 0.238 e. The van der Waals surface area contributed by atoms with Crippen molar-refractivity contribution in [3.8, 4) is 0 Å². The predicted molar refractivity (Wildman–Crippen MR) is 81.0 cm³/mol. The first kappa shape index (κ1) is 12.6. The summed E-state index contributed by atoms with van der Waals surface area (Å²) < 4.78 is 0. The van der Waals surface area contributed by atoms with Crippen molar-refractivity contribution in [3.05, 3.63) is 36.4 Å². The summed E-state index contributed by atoms with van der Waals surface area (Å²) in [6, 6.07) is 7.61. The quantitative estimate of drug-likeness (QED) is 0.616. The van der Waals surface area contributed by atoms with Gasteiger partial charge in [-0.1, -0.05) is 12.2 Å². The first-order chi connectivity index (χ1) is 10.1. The largest absolute Gasteiger partial charge is 0.378 e. The Balaban J connectivity index is 1.68. The van der Waals surface area contributed by atoms with E-state index in [0.717, 1.165) is 12.1 Å². The molecule has 1 aromatic rings. The molecule has 3 aliphatic rings. The number of rotatable bonds is 2. The minimum atomic E-state index is -0.124. The highest BCUT2D eigenvalue weighted by Gasteiger charge is 2.59. The third-order valence-electron chi connectivity index (χ3n) is 5.09. The van der Waals surface area contributed by atoms with Crippen molar-refractivity contribution in [2.45, 2.75) is 6.42 Å². The Morgan fingerprint density at radius 3 is 1.95 bits per heavy atom. The molecular weight excluding hydrogens is 264 g/mol. The molecule has 1 saturated heterocycles. The van der Waals surface area contributed by atoms with Gasteiger partial charge in [-0.25, -0.2) is 0 Å². The van der Waals surface area contributed by atoms with Gasteiger partial charge in [0.05, 0.1) is 17.5 Å². The number of nitrogens with zero attached hydrogens (tertiary/aromatic N) is 2.